The van der Waals surface area contributed by atoms with Gasteiger partial charge in [-0.05, 0) is 42.0 Å². The maximum absolute atomic E-state index is 12.0. The molecule has 2 aromatic carbocycles. The first-order chi connectivity index (χ1) is 12.6. The van der Waals surface area contributed by atoms with Gasteiger partial charge in [0, 0.05) is 39.1 Å². The zero-order valence-corrected chi connectivity index (χ0v) is 15.1. The molecular weight excluding hydrogens is 328 g/mol. The van der Waals surface area contributed by atoms with Gasteiger partial charge < -0.3 is 9.64 Å². The molecule has 0 amide bonds. The lowest BCUT2D eigenvalue weighted by Crippen LogP contribution is -2.36. The van der Waals surface area contributed by atoms with Gasteiger partial charge in [0.2, 0.25) is 0 Å². The summed E-state index contributed by atoms with van der Waals surface area (Å²) in [5.41, 5.74) is 4.88. The summed E-state index contributed by atoms with van der Waals surface area (Å²) in [5, 5.41) is 0. The number of anilines is 1. The van der Waals surface area contributed by atoms with Crippen LogP contribution in [0.3, 0.4) is 0 Å². The zero-order valence-electron chi connectivity index (χ0n) is 15.1. The van der Waals surface area contributed by atoms with Crippen LogP contribution in [0.15, 0.2) is 52.3 Å². The standard InChI is InChI=1S/C20H22N4O2/c1-22-18-8-3-15(13-19(18)23(2)20(22)25)14-21-16-4-6-17(7-5-16)24-9-11-26-12-10-24/h3-8,13-14H,9-12H2,1-2H3. The van der Waals surface area contributed by atoms with E-state index in [-0.39, 0.29) is 5.69 Å². The first kappa shape index (κ1) is 16.6. The van der Waals surface area contributed by atoms with Crippen LogP contribution < -0.4 is 10.6 Å². The minimum absolute atomic E-state index is 0.0206. The lowest BCUT2D eigenvalue weighted by atomic mass is 10.2. The molecule has 26 heavy (non-hydrogen) atoms. The van der Waals surface area contributed by atoms with Crippen LogP contribution >= 0.6 is 0 Å². The molecule has 0 bridgehead atoms. The number of morpholine rings is 1. The minimum Gasteiger partial charge on any atom is -0.378 e. The number of fused-ring (bicyclic) bond motifs is 1. The zero-order chi connectivity index (χ0) is 18.1. The third-order valence-corrected chi connectivity index (χ3v) is 4.88. The van der Waals surface area contributed by atoms with E-state index in [1.807, 2.05) is 36.5 Å². The Bertz CT molecular complexity index is 1010. The van der Waals surface area contributed by atoms with Crippen LogP contribution in [-0.4, -0.2) is 41.7 Å². The molecule has 0 radical (unpaired) electrons. The number of hydrogen-bond donors (Lipinski definition) is 0. The second kappa shape index (κ2) is 6.80. The second-order valence-corrected chi connectivity index (χ2v) is 6.52. The van der Waals surface area contributed by atoms with Gasteiger partial charge in [-0.25, -0.2) is 4.79 Å². The minimum atomic E-state index is -0.0206. The molecule has 1 aromatic heterocycles. The van der Waals surface area contributed by atoms with Crippen molar-refractivity contribution < 1.29 is 4.74 Å². The summed E-state index contributed by atoms with van der Waals surface area (Å²) < 4.78 is 8.70. The Kier molecular flexibility index (Phi) is 4.34. The van der Waals surface area contributed by atoms with Crippen LogP contribution in [0, 0.1) is 0 Å². The Labute approximate surface area is 151 Å². The Hall–Kier alpha value is -2.86. The van der Waals surface area contributed by atoms with Gasteiger partial charge in [-0.3, -0.25) is 14.1 Å². The van der Waals surface area contributed by atoms with E-state index in [4.69, 9.17) is 4.74 Å². The maximum Gasteiger partial charge on any atom is 0.328 e. The fourth-order valence-corrected chi connectivity index (χ4v) is 3.32. The van der Waals surface area contributed by atoms with E-state index in [0.717, 1.165) is 48.6 Å². The van der Waals surface area contributed by atoms with E-state index in [2.05, 4.69) is 22.0 Å². The maximum atomic E-state index is 12.0. The molecule has 6 nitrogen and oxygen atoms in total. The average Bonchev–Trinajstić information content (AvgIpc) is 2.91. The molecule has 1 saturated heterocycles. The van der Waals surface area contributed by atoms with Crippen LogP contribution in [-0.2, 0) is 18.8 Å². The first-order valence-electron chi connectivity index (χ1n) is 8.76. The lowest BCUT2D eigenvalue weighted by Gasteiger charge is -2.28. The number of nitrogens with zero attached hydrogens (tertiary/aromatic N) is 4. The highest BCUT2D eigenvalue weighted by molar-refractivity contribution is 5.88. The molecule has 134 valence electrons. The Morgan fingerprint density at radius 2 is 1.65 bits per heavy atom. The van der Waals surface area contributed by atoms with Crippen molar-refractivity contribution in [3.8, 4) is 0 Å². The molecule has 1 aliphatic heterocycles. The van der Waals surface area contributed by atoms with Gasteiger partial charge in [-0.2, -0.15) is 0 Å². The normalized spacial score (nSPS) is 15.2. The van der Waals surface area contributed by atoms with Crippen LogP contribution in [0.2, 0.25) is 0 Å². The number of rotatable bonds is 3. The van der Waals surface area contributed by atoms with E-state index in [0.29, 0.717) is 0 Å². The topological polar surface area (TPSA) is 51.8 Å². The van der Waals surface area contributed by atoms with Gasteiger partial charge in [-0.1, -0.05) is 6.07 Å². The van der Waals surface area contributed by atoms with Crippen molar-refractivity contribution in [3.05, 3.63) is 58.5 Å². The molecular formula is C20H22N4O2. The average molecular weight is 350 g/mol. The highest BCUT2D eigenvalue weighted by Crippen LogP contribution is 2.21. The number of imidazole rings is 1. The van der Waals surface area contributed by atoms with Crippen molar-refractivity contribution in [2.45, 2.75) is 0 Å². The molecule has 0 spiro atoms. The van der Waals surface area contributed by atoms with E-state index in [1.54, 1.807) is 23.2 Å². The van der Waals surface area contributed by atoms with Crippen molar-refractivity contribution in [2.75, 3.05) is 31.2 Å². The Morgan fingerprint density at radius 3 is 2.38 bits per heavy atom. The number of hydrogen-bond acceptors (Lipinski definition) is 4. The Balaban J connectivity index is 1.55. The summed E-state index contributed by atoms with van der Waals surface area (Å²) in [6, 6.07) is 14.2. The van der Waals surface area contributed by atoms with Gasteiger partial charge in [0.25, 0.3) is 0 Å². The summed E-state index contributed by atoms with van der Waals surface area (Å²) in [6.45, 7) is 3.42. The van der Waals surface area contributed by atoms with E-state index in [1.165, 1.54) is 5.69 Å². The van der Waals surface area contributed by atoms with Gasteiger partial charge in [0.1, 0.15) is 0 Å². The quantitative estimate of drug-likeness (QED) is 0.682. The monoisotopic (exact) mass is 350 g/mol. The molecule has 1 aliphatic rings. The van der Waals surface area contributed by atoms with Crippen molar-refractivity contribution in [2.24, 2.45) is 19.1 Å². The molecule has 4 rings (SSSR count). The summed E-state index contributed by atoms with van der Waals surface area (Å²) in [4.78, 5) is 18.9. The lowest BCUT2D eigenvalue weighted by molar-refractivity contribution is 0.122. The number of ether oxygens (including phenoxy) is 1. The summed E-state index contributed by atoms with van der Waals surface area (Å²) in [7, 11) is 3.57. The number of aromatic nitrogens is 2. The summed E-state index contributed by atoms with van der Waals surface area (Å²) in [5.74, 6) is 0. The van der Waals surface area contributed by atoms with E-state index in [9.17, 15) is 4.79 Å². The van der Waals surface area contributed by atoms with Crippen molar-refractivity contribution in [1.29, 1.82) is 0 Å². The predicted octanol–water partition coefficient (Wildman–Crippen LogP) is 2.46. The summed E-state index contributed by atoms with van der Waals surface area (Å²) >= 11 is 0. The van der Waals surface area contributed by atoms with Gasteiger partial charge in [-0.15, -0.1) is 0 Å². The number of aryl methyl sites for hydroxylation is 2. The second-order valence-electron chi connectivity index (χ2n) is 6.52. The molecule has 0 atom stereocenters. The predicted molar refractivity (Wildman–Crippen MR) is 105 cm³/mol. The van der Waals surface area contributed by atoms with Crippen LogP contribution in [0.1, 0.15) is 5.56 Å². The van der Waals surface area contributed by atoms with Crippen LogP contribution in [0.5, 0.6) is 0 Å². The van der Waals surface area contributed by atoms with Crippen LogP contribution in [0.4, 0.5) is 11.4 Å². The molecule has 3 aromatic rings. The third kappa shape index (κ3) is 3.04. The fraction of sp³-hybridized carbons (Fsp3) is 0.300. The van der Waals surface area contributed by atoms with Gasteiger partial charge in [0.05, 0.1) is 29.9 Å². The molecule has 0 saturated carbocycles. The largest absolute Gasteiger partial charge is 0.378 e. The van der Waals surface area contributed by atoms with E-state index >= 15 is 0 Å². The Morgan fingerprint density at radius 1 is 0.962 bits per heavy atom. The SMILES string of the molecule is Cn1c(=O)n(C)c2cc(C=Nc3ccc(N4CCOCC4)cc3)ccc21. The smallest absolute Gasteiger partial charge is 0.328 e. The number of benzene rings is 2. The fourth-order valence-electron chi connectivity index (χ4n) is 3.32. The molecule has 6 heteroatoms. The van der Waals surface area contributed by atoms with Gasteiger partial charge in [0.15, 0.2) is 0 Å². The van der Waals surface area contributed by atoms with Gasteiger partial charge >= 0.3 is 5.69 Å². The first-order valence-corrected chi connectivity index (χ1v) is 8.76. The van der Waals surface area contributed by atoms with Crippen LogP contribution in [0.25, 0.3) is 11.0 Å². The molecule has 2 heterocycles. The molecule has 0 aliphatic carbocycles. The molecule has 1 fully saturated rings. The van der Waals surface area contributed by atoms with Crippen molar-refractivity contribution >= 4 is 28.6 Å². The van der Waals surface area contributed by atoms with E-state index < -0.39 is 0 Å². The van der Waals surface area contributed by atoms with Crippen molar-refractivity contribution in [1.82, 2.24) is 9.13 Å². The molecule has 0 N–H and O–H groups in total. The molecule has 0 unspecified atom stereocenters. The summed E-state index contributed by atoms with van der Waals surface area (Å²) in [6.07, 6.45) is 1.83. The highest BCUT2D eigenvalue weighted by Gasteiger charge is 2.10. The number of aliphatic imine (C=N–C) groups is 1. The third-order valence-electron chi connectivity index (χ3n) is 4.88. The highest BCUT2D eigenvalue weighted by atomic mass is 16.5. The van der Waals surface area contributed by atoms with Crippen molar-refractivity contribution in [3.63, 3.8) is 0 Å².